The highest BCUT2D eigenvalue weighted by Gasteiger charge is 2.35. The van der Waals surface area contributed by atoms with E-state index in [0.717, 1.165) is 22.0 Å². The van der Waals surface area contributed by atoms with Crippen LogP contribution in [0.2, 0.25) is 5.02 Å². The highest BCUT2D eigenvalue weighted by atomic mass is 35.5. The molecule has 4 rings (SSSR count). The molecule has 1 aromatic heterocycles. The zero-order valence-electron chi connectivity index (χ0n) is 16.9. The van der Waals surface area contributed by atoms with Crippen LogP contribution in [0.5, 0.6) is 5.75 Å². The third kappa shape index (κ3) is 5.21. The average molecular weight is 457 g/mol. The molecule has 1 aliphatic rings. The molecule has 160 valence electrons. The summed E-state index contributed by atoms with van der Waals surface area (Å²) in [5.41, 5.74) is 1.82. The van der Waals surface area contributed by atoms with E-state index in [1.54, 1.807) is 4.90 Å². The second-order valence-corrected chi connectivity index (χ2v) is 8.62. The van der Waals surface area contributed by atoms with Crippen molar-refractivity contribution in [2.24, 2.45) is 5.92 Å². The summed E-state index contributed by atoms with van der Waals surface area (Å²) in [6, 6.07) is 14.8. The molecular formula is C22H21ClN4O3S. The van der Waals surface area contributed by atoms with Crippen LogP contribution < -0.4 is 15.0 Å². The van der Waals surface area contributed by atoms with Gasteiger partial charge in [0.2, 0.25) is 16.9 Å². The minimum Gasteiger partial charge on any atom is -0.494 e. The molecule has 0 bridgehead atoms. The molecule has 7 nitrogen and oxygen atoms in total. The number of hydrogen-bond donors (Lipinski definition) is 1. The summed E-state index contributed by atoms with van der Waals surface area (Å²) in [6.07, 6.45) is 0.771. The third-order valence-corrected chi connectivity index (χ3v) is 6.01. The summed E-state index contributed by atoms with van der Waals surface area (Å²) >= 11 is 7.24. The first kappa shape index (κ1) is 21.3. The van der Waals surface area contributed by atoms with Gasteiger partial charge in [-0.15, -0.1) is 10.2 Å². The minimum atomic E-state index is -0.442. The molecule has 0 radical (unpaired) electrons. The Kier molecular flexibility index (Phi) is 6.48. The Hall–Kier alpha value is -2.97. The van der Waals surface area contributed by atoms with E-state index in [-0.39, 0.29) is 18.2 Å². The van der Waals surface area contributed by atoms with Gasteiger partial charge in [0.15, 0.2) is 0 Å². The second kappa shape index (κ2) is 9.45. The lowest BCUT2D eigenvalue weighted by atomic mass is 10.1. The number of hydrogen-bond acceptors (Lipinski definition) is 6. The standard InChI is InChI=1S/C22H21ClN4O3S/c1-2-30-18-9-7-17(8-10-18)27-13-15(12-20(27)28)21(29)24-22-26-25-19(31-22)11-14-3-5-16(23)6-4-14/h3-10,15H,2,11-13H2,1H3,(H,24,26,29). The van der Waals surface area contributed by atoms with Gasteiger partial charge in [-0.3, -0.25) is 9.59 Å². The van der Waals surface area contributed by atoms with Crippen LogP contribution in [-0.2, 0) is 16.0 Å². The number of ether oxygens (including phenoxy) is 1. The van der Waals surface area contributed by atoms with Crippen molar-refractivity contribution in [2.45, 2.75) is 19.8 Å². The van der Waals surface area contributed by atoms with Gasteiger partial charge in [-0.25, -0.2) is 0 Å². The number of nitrogens with one attached hydrogen (secondary N) is 1. The lowest BCUT2D eigenvalue weighted by Crippen LogP contribution is -2.28. The molecule has 3 aromatic rings. The fourth-order valence-corrected chi connectivity index (χ4v) is 4.28. The van der Waals surface area contributed by atoms with Crippen molar-refractivity contribution in [2.75, 3.05) is 23.4 Å². The zero-order chi connectivity index (χ0) is 21.8. The largest absolute Gasteiger partial charge is 0.494 e. The predicted octanol–water partition coefficient (Wildman–Crippen LogP) is 4.17. The summed E-state index contributed by atoms with van der Waals surface area (Å²) in [7, 11) is 0. The molecular weight excluding hydrogens is 436 g/mol. The Balaban J connectivity index is 1.35. The lowest BCUT2D eigenvalue weighted by molar-refractivity contribution is -0.122. The second-order valence-electron chi connectivity index (χ2n) is 7.13. The van der Waals surface area contributed by atoms with Gasteiger partial charge in [0.25, 0.3) is 0 Å². The monoisotopic (exact) mass is 456 g/mol. The summed E-state index contributed by atoms with van der Waals surface area (Å²) < 4.78 is 5.44. The number of aromatic nitrogens is 2. The van der Waals surface area contributed by atoms with Crippen LogP contribution in [-0.4, -0.2) is 35.2 Å². The van der Waals surface area contributed by atoms with Crippen molar-refractivity contribution >= 4 is 45.6 Å². The SMILES string of the molecule is CCOc1ccc(N2CC(C(=O)Nc3nnc(Cc4ccc(Cl)cc4)s3)CC2=O)cc1. The van der Waals surface area contributed by atoms with Gasteiger partial charge in [-0.2, -0.15) is 0 Å². The quantitative estimate of drug-likeness (QED) is 0.576. The number of rotatable bonds is 7. The van der Waals surface area contributed by atoms with Crippen LogP contribution in [0.25, 0.3) is 0 Å². The van der Waals surface area contributed by atoms with E-state index < -0.39 is 5.92 Å². The van der Waals surface area contributed by atoms with E-state index in [9.17, 15) is 9.59 Å². The topological polar surface area (TPSA) is 84.4 Å². The first-order valence-corrected chi connectivity index (χ1v) is 11.1. The van der Waals surface area contributed by atoms with Gasteiger partial charge in [0, 0.05) is 30.1 Å². The van der Waals surface area contributed by atoms with E-state index >= 15 is 0 Å². The highest BCUT2D eigenvalue weighted by molar-refractivity contribution is 7.15. The zero-order valence-corrected chi connectivity index (χ0v) is 18.4. The van der Waals surface area contributed by atoms with Crippen LogP contribution in [0.15, 0.2) is 48.5 Å². The molecule has 1 aliphatic heterocycles. The molecule has 9 heteroatoms. The van der Waals surface area contributed by atoms with Crippen molar-refractivity contribution in [3.05, 3.63) is 64.1 Å². The fraction of sp³-hybridized carbons (Fsp3) is 0.273. The van der Waals surface area contributed by atoms with Crippen LogP contribution in [0.3, 0.4) is 0 Å². The van der Waals surface area contributed by atoms with E-state index in [1.807, 2.05) is 55.5 Å². The van der Waals surface area contributed by atoms with Crippen LogP contribution in [0.1, 0.15) is 23.9 Å². The van der Waals surface area contributed by atoms with E-state index in [0.29, 0.717) is 29.7 Å². The summed E-state index contributed by atoms with van der Waals surface area (Å²) in [5.74, 6) is 0.00141. The van der Waals surface area contributed by atoms with Crippen molar-refractivity contribution in [3.63, 3.8) is 0 Å². The lowest BCUT2D eigenvalue weighted by Gasteiger charge is -2.17. The first-order chi connectivity index (χ1) is 15.0. The number of carbonyl (C=O) groups excluding carboxylic acids is 2. The van der Waals surface area contributed by atoms with Crippen molar-refractivity contribution < 1.29 is 14.3 Å². The first-order valence-electron chi connectivity index (χ1n) is 9.92. The molecule has 1 atom stereocenters. The Morgan fingerprint density at radius 3 is 2.65 bits per heavy atom. The van der Waals surface area contributed by atoms with Gasteiger partial charge in [0.05, 0.1) is 12.5 Å². The highest BCUT2D eigenvalue weighted by Crippen LogP contribution is 2.28. The van der Waals surface area contributed by atoms with E-state index in [1.165, 1.54) is 11.3 Å². The molecule has 0 saturated carbocycles. The molecule has 31 heavy (non-hydrogen) atoms. The van der Waals surface area contributed by atoms with Gasteiger partial charge in [-0.1, -0.05) is 35.1 Å². The average Bonchev–Trinajstić information content (AvgIpc) is 3.37. The van der Waals surface area contributed by atoms with Crippen molar-refractivity contribution in [3.8, 4) is 5.75 Å². The maximum Gasteiger partial charge on any atom is 0.231 e. The number of carbonyl (C=O) groups is 2. The Morgan fingerprint density at radius 1 is 1.19 bits per heavy atom. The number of halogens is 1. The number of amides is 2. The van der Waals surface area contributed by atoms with Crippen LogP contribution in [0.4, 0.5) is 10.8 Å². The Morgan fingerprint density at radius 2 is 1.94 bits per heavy atom. The molecule has 2 aromatic carbocycles. The third-order valence-electron chi connectivity index (χ3n) is 4.92. The summed E-state index contributed by atoms with van der Waals surface area (Å²) in [4.78, 5) is 26.8. The molecule has 1 fully saturated rings. The maximum absolute atomic E-state index is 12.7. The number of anilines is 2. The van der Waals surface area contributed by atoms with Crippen molar-refractivity contribution in [1.29, 1.82) is 0 Å². The smallest absolute Gasteiger partial charge is 0.231 e. The molecule has 2 heterocycles. The summed E-state index contributed by atoms with van der Waals surface area (Å²) in [6.45, 7) is 2.83. The van der Waals surface area contributed by atoms with E-state index in [4.69, 9.17) is 16.3 Å². The van der Waals surface area contributed by atoms with Crippen LogP contribution in [0, 0.1) is 5.92 Å². The van der Waals surface area contributed by atoms with Crippen molar-refractivity contribution in [1.82, 2.24) is 10.2 Å². The molecule has 0 spiro atoms. The maximum atomic E-state index is 12.7. The molecule has 1 unspecified atom stereocenters. The Labute approximate surface area is 189 Å². The minimum absolute atomic E-state index is 0.0787. The number of benzene rings is 2. The summed E-state index contributed by atoms with van der Waals surface area (Å²) in [5, 5.41) is 12.9. The van der Waals surface area contributed by atoms with Gasteiger partial charge >= 0.3 is 0 Å². The van der Waals surface area contributed by atoms with Gasteiger partial charge in [0.1, 0.15) is 10.8 Å². The molecule has 2 amide bonds. The number of nitrogens with zero attached hydrogens (tertiary/aromatic N) is 3. The Bertz CT molecular complexity index is 1070. The van der Waals surface area contributed by atoms with E-state index in [2.05, 4.69) is 15.5 Å². The molecule has 0 aliphatic carbocycles. The molecule has 1 N–H and O–H groups in total. The van der Waals surface area contributed by atoms with Crippen LogP contribution >= 0.6 is 22.9 Å². The van der Waals surface area contributed by atoms with Gasteiger partial charge < -0.3 is 15.0 Å². The normalized spacial score (nSPS) is 15.9. The fourth-order valence-electron chi connectivity index (χ4n) is 3.38. The molecule has 1 saturated heterocycles. The predicted molar refractivity (Wildman–Crippen MR) is 121 cm³/mol. The van der Waals surface area contributed by atoms with Gasteiger partial charge in [-0.05, 0) is 48.9 Å².